The standard InChI is InChI=1S/C10H10N2O4S.Na/c1-7-5-10(13)12(11-7)8-3-2-4-9(6-8)17(14,15)16;/h2-4,6H,5H2,1H3,(H,14,15,16);/q;+1/p-1. The van der Waals surface area contributed by atoms with E-state index in [4.69, 9.17) is 0 Å². The molecule has 0 spiro atoms. The first kappa shape index (κ1) is 15.3. The molecule has 0 fully saturated rings. The summed E-state index contributed by atoms with van der Waals surface area (Å²) in [6.07, 6.45) is 0.203. The molecule has 90 valence electrons. The van der Waals surface area contributed by atoms with Crippen LogP contribution < -0.4 is 34.6 Å². The average molecular weight is 276 g/mol. The van der Waals surface area contributed by atoms with Crippen LogP contribution in [0.15, 0.2) is 34.3 Å². The van der Waals surface area contributed by atoms with Crippen molar-refractivity contribution in [1.82, 2.24) is 0 Å². The zero-order chi connectivity index (χ0) is 12.6. The van der Waals surface area contributed by atoms with E-state index in [1.807, 2.05) is 0 Å². The molecule has 0 aliphatic carbocycles. The normalized spacial score (nSPS) is 15.3. The molecule has 1 heterocycles. The largest absolute Gasteiger partial charge is 1.00 e. The molecule has 0 atom stereocenters. The number of benzene rings is 1. The first-order chi connectivity index (χ1) is 7.88. The molecule has 1 aliphatic rings. The summed E-state index contributed by atoms with van der Waals surface area (Å²) >= 11 is 0. The number of hydrogen-bond acceptors (Lipinski definition) is 5. The van der Waals surface area contributed by atoms with Crippen LogP contribution in [0.25, 0.3) is 0 Å². The average Bonchev–Trinajstić information content (AvgIpc) is 2.57. The third-order valence-electron chi connectivity index (χ3n) is 2.26. The summed E-state index contributed by atoms with van der Waals surface area (Å²) in [5.41, 5.74) is 0.925. The van der Waals surface area contributed by atoms with Gasteiger partial charge in [-0.25, -0.2) is 13.4 Å². The predicted molar refractivity (Wildman–Crippen MR) is 59.6 cm³/mol. The van der Waals surface area contributed by atoms with E-state index in [9.17, 15) is 17.8 Å². The Labute approximate surface area is 127 Å². The van der Waals surface area contributed by atoms with E-state index in [1.54, 1.807) is 6.92 Å². The molecule has 1 aliphatic heterocycles. The predicted octanol–water partition coefficient (Wildman–Crippen LogP) is -2.29. The van der Waals surface area contributed by atoms with Gasteiger partial charge < -0.3 is 4.55 Å². The van der Waals surface area contributed by atoms with Crippen molar-refractivity contribution in [3.63, 3.8) is 0 Å². The maximum atomic E-state index is 11.5. The summed E-state index contributed by atoms with van der Waals surface area (Å²) in [5, 5.41) is 5.07. The van der Waals surface area contributed by atoms with E-state index in [-0.39, 0.29) is 52.5 Å². The molecule has 8 heteroatoms. The van der Waals surface area contributed by atoms with Gasteiger partial charge >= 0.3 is 29.6 Å². The third-order valence-corrected chi connectivity index (χ3v) is 3.10. The van der Waals surface area contributed by atoms with Crippen LogP contribution in [-0.2, 0) is 14.9 Å². The Morgan fingerprint density at radius 3 is 2.56 bits per heavy atom. The van der Waals surface area contributed by atoms with E-state index in [0.29, 0.717) is 5.71 Å². The van der Waals surface area contributed by atoms with Crippen LogP contribution in [-0.4, -0.2) is 24.6 Å². The number of carbonyl (C=O) groups excluding carboxylic acids is 1. The zero-order valence-electron chi connectivity index (χ0n) is 9.95. The Balaban J connectivity index is 0.00000162. The van der Waals surface area contributed by atoms with Crippen molar-refractivity contribution in [2.24, 2.45) is 5.10 Å². The molecule has 18 heavy (non-hydrogen) atoms. The summed E-state index contributed by atoms with van der Waals surface area (Å²) in [7, 11) is -4.52. The van der Waals surface area contributed by atoms with Gasteiger partial charge in [-0.1, -0.05) is 6.07 Å². The van der Waals surface area contributed by atoms with Crippen LogP contribution in [0.2, 0.25) is 0 Å². The minimum atomic E-state index is -4.52. The topological polar surface area (TPSA) is 89.9 Å². The molecule has 1 aromatic rings. The zero-order valence-corrected chi connectivity index (χ0v) is 12.8. The number of amides is 1. The Hall–Kier alpha value is -0.730. The number of hydrogen-bond donors (Lipinski definition) is 0. The van der Waals surface area contributed by atoms with Crippen molar-refractivity contribution >= 4 is 27.4 Å². The SMILES string of the molecule is CC1=NN(c2cccc(S(=O)(=O)[O-])c2)C(=O)C1.[Na+]. The van der Waals surface area contributed by atoms with E-state index in [0.717, 1.165) is 11.1 Å². The molecular formula is C10H9N2NaO4S. The fraction of sp³-hybridized carbons (Fsp3) is 0.200. The fourth-order valence-electron chi connectivity index (χ4n) is 1.53. The van der Waals surface area contributed by atoms with Gasteiger partial charge in [-0.05, 0) is 25.1 Å². The van der Waals surface area contributed by atoms with Crippen molar-refractivity contribution in [1.29, 1.82) is 0 Å². The number of anilines is 1. The molecule has 0 aromatic heterocycles. The smallest absolute Gasteiger partial charge is 0.744 e. The van der Waals surface area contributed by atoms with Crippen LogP contribution in [0.4, 0.5) is 5.69 Å². The molecule has 0 radical (unpaired) electrons. The molecule has 1 amide bonds. The second-order valence-electron chi connectivity index (χ2n) is 3.67. The van der Waals surface area contributed by atoms with Crippen LogP contribution in [0.3, 0.4) is 0 Å². The monoisotopic (exact) mass is 276 g/mol. The number of carbonyl (C=O) groups is 1. The van der Waals surface area contributed by atoms with Crippen LogP contribution in [0, 0.1) is 0 Å². The third kappa shape index (κ3) is 3.18. The molecule has 0 bridgehead atoms. The Morgan fingerprint density at radius 1 is 1.39 bits per heavy atom. The summed E-state index contributed by atoms with van der Waals surface area (Å²) in [5.74, 6) is -0.247. The van der Waals surface area contributed by atoms with Crippen molar-refractivity contribution in [3.05, 3.63) is 24.3 Å². The van der Waals surface area contributed by atoms with E-state index >= 15 is 0 Å². The van der Waals surface area contributed by atoms with Gasteiger partial charge in [-0.2, -0.15) is 5.10 Å². The fourth-order valence-corrected chi connectivity index (χ4v) is 2.04. The maximum absolute atomic E-state index is 11.5. The molecule has 0 unspecified atom stereocenters. The first-order valence-corrected chi connectivity index (χ1v) is 6.22. The van der Waals surface area contributed by atoms with Crippen LogP contribution in [0.1, 0.15) is 13.3 Å². The van der Waals surface area contributed by atoms with Gasteiger partial charge in [0.05, 0.1) is 17.0 Å². The van der Waals surface area contributed by atoms with Crippen molar-refractivity contribution in [2.75, 3.05) is 5.01 Å². The van der Waals surface area contributed by atoms with Crippen LogP contribution in [0.5, 0.6) is 0 Å². The van der Waals surface area contributed by atoms with E-state index in [1.165, 1.54) is 18.2 Å². The second-order valence-corrected chi connectivity index (χ2v) is 5.05. The van der Waals surface area contributed by atoms with Crippen LogP contribution >= 0.6 is 0 Å². The van der Waals surface area contributed by atoms with Gasteiger partial charge in [-0.15, -0.1) is 0 Å². The Morgan fingerprint density at radius 2 is 2.06 bits per heavy atom. The van der Waals surface area contributed by atoms with Gasteiger partial charge in [0.2, 0.25) is 0 Å². The van der Waals surface area contributed by atoms with Gasteiger partial charge in [0.15, 0.2) is 0 Å². The molecule has 1 aromatic carbocycles. The Bertz CT molecular complexity index is 612. The minimum Gasteiger partial charge on any atom is -0.744 e. The number of hydrazone groups is 1. The molecular weight excluding hydrogens is 267 g/mol. The summed E-state index contributed by atoms with van der Waals surface area (Å²) in [6.45, 7) is 1.70. The van der Waals surface area contributed by atoms with Crippen molar-refractivity contribution in [2.45, 2.75) is 18.2 Å². The summed E-state index contributed by atoms with van der Waals surface area (Å²) in [4.78, 5) is 11.2. The van der Waals surface area contributed by atoms with E-state index in [2.05, 4.69) is 5.10 Å². The summed E-state index contributed by atoms with van der Waals surface area (Å²) < 4.78 is 32.6. The quantitative estimate of drug-likeness (QED) is 0.449. The molecule has 6 nitrogen and oxygen atoms in total. The van der Waals surface area contributed by atoms with Gasteiger partial charge in [0, 0.05) is 5.71 Å². The second kappa shape index (κ2) is 5.50. The van der Waals surface area contributed by atoms with Gasteiger partial charge in [-0.3, -0.25) is 4.79 Å². The first-order valence-electron chi connectivity index (χ1n) is 4.81. The van der Waals surface area contributed by atoms with Crippen molar-refractivity contribution in [3.8, 4) is 0 Å². The minimum absolute atomic E-state index is 0. The van der Waals surface area contributed by atoms with Gasteiger partial charge in [0.25, 0.3) is 5.91 Å². The molecule has 0 saturated carbocycles. The Kier molecular flexibility index (Phi) is 4.68. The molecule has 0 N–H and O–H groups in total. The molecule has 2 rings (SSSR count). The molecule has 0 saturated heterocycles. The van der Waals surface area contributed by atoms with Crippen molar-refractivity contribution < 1.29 is 47.3 Å². The van der Waals surface area contributed by atoms with E-state index < -0.39 is 10.1 Å². The number of rotatable bonds is 2. The number of nitrogens with zero attached hydrogens (tertiary/aromatic N) is 2. The summed E-state index contributed by atoms with van der Waals surface area (Å²) in [6, 6.07) is 5.25. The maximum Gasteiger partial charge on any atom is 1.00 e. The van der Waals surface area contributed by atoms with Gasteiger partial charge in [0.1, 0.15) is 10.1 Å².